The normalized spacial score (nSPS) is 17.7. The number of nitrogens with zero attached hydrogens (tertiary/aromatic N) is 3. The van der Waals surface area contributed by atoms with E-state index < -0.39 is 58.3 Å². The molecule has 0 saturated heterocycles. The summed E-state index contributed by atoms with van der Waals surface area (Å²) >= 11 is 0. The van der Waals surface area contributed by atoms with Crippen LogP contribution in [0.2, 0.25) is 0 Å². The van der Waals surface area contributed by atoms with E-state index in [-0.39, 0.29) is 11.5 Å². The molecule has 0 bridgehead atoms. The van der Waals surface area contributed by atoms with Crippen LogP contribution < -0.4 is 9.04 Å². The molecule has 0 unspecified atom stereocenters. The molecule has 154 valence electrons. The largest absolute Gasteiger partial charge is 0.432 e. The van der Waals surface area contributed by atoms with E-state index in [1.54, 1.807) is 0 Å². The van der Waals surface area contributed by atoms with Gasteiger partial charge in [0, 0.05) is 12.6 Å². The third-order valence-corrected chi connectivity index (χ3v) is 5.88. The van der Waals surface area contributed by atoms with Crippen LogP contribution in [0.5, 0.6) is 5.75 Å². The minimum Gasteiger partial charge on any atom is -0.432 e. The SMILES string of the molecule is Cc1cc2n(n1)[C@@H](C(F)(F)F)CCN2S(=O)(=O)c1ccc(OC(F)F)c(F)c1. The Labute approximate surface area is 155 Å². The Morgan fingerprint density at radius 1 is 1.25 bits per heavy atom. The van der Waals surface area contributed by atoms with Gasteiger partial charge in [0.05, 0.1) is 10.6 Å². The number of sulfonamides is 1. The molecule has 13 heteroatoms. The van der Waals surface area contributed by atoms with Gasteiger partial charge in [0.1, 0.15) is 5.82 Å². The third kappa shape index (κ3) is 3.62. The minimum absolute atomic E-state index is 0.165. The van der Waals surface area contributed by atoms with Gasteiger partial charge in [0.25, 0.3) is 10.0 Å². The Morgan fingerprint density at radius 3 is 2.50 bits per heavy atom. The minimum atomic E-state index is -4.64. The molecule has 0 amide bonds. The molecule has 6 nitrogen and oxygen atoms in total. The molecule has 2 heterocycles. The topological polar surface area (TPSA) is 64.4 Å². The summed E-state index contributed by atoms with van der Waals surface area (Å²) in [5.41, 5.74) is 0.165. The molecule has 0 radical (unpaired) electrons. The summed E-state index contributed by atoms with van der Waals surface area (Å²) < 4.78 is 109. The highest BCUT2D eigenvalue weighted by molar-refractivity contribution is 7.92. The lowest BCUT2D eigenvalue weighted by molar-refractivity contribution is -0.172. The maximum absolute atomic E-state index is 13.9. The Bertz CT molecular complexity index is 989. The fourth-order valence-corrected chi connectivity index (χ4v) is 4.38. The predicted molar refractivity (Wildman–Crippen MR) is 84.2 cm³/mol. The lowest BCUT2D eigenvalue weighted by Crippen LogP contribution is -2.43. The van der Waals surface area contributed by atoms with Crippen LogP contribution in [0.3, 0.4) is 0 Å². The van der Waals surface area contributed by atoms with Crippen molar-refractivity contribution in [3.05, 3.63) is 35.8 Å². The van der Waals surface area contributed by atoms with E-state index in [9.17, 15) is 34.8 Å². The molecule has 1 aliphatic rings. The second-order valence-electron chi connectivity index (χ2n) is 5.98. The zero-order chi connectivity index (χ0) is 20.9. The number of aryl methyl sites for hydroxylation is 1. The molecule has 1 aromatic heterocycles. The van der Waals surface area contributed by atoms with Crippen molar-refractivity contribution in [3.63, 3.8) is 0 Å². The van der Waals surface area contributed by atoms with Gasteiger partial charge in [-0.25, -0.2) is 21.8 Å². The average molecular weight is 429 g/mol. The number of aromatic nitrogens is 2. The van der Waals surface area contributed by atoms with E-state index in [2.05, 4.69) is 9.84 Å². The van der Waals surface area contributed by atoms with Gasteiger partial charge in [-0.15, -0.1) is 0 Å². The fourth-order valence-electron chi connectivity index (χ4n) is 2.90. The van der Waals surface area contributed by atoms with E-state index >= 15 is 0 Å². The summed E-state index contributed by atoms with van der Waals surface area (Å²) in [5, 5.41) is 3.73. The molecule has 1 atom stereocenters. The quantitative estimate of drug-likeness (QED) is 0.697. The molecule has 0 fully saturated rings. The second-order valence-corrected chi connectivity index (χ2v) is 7.84. The van der Waals surface area contributed by atoms with Crippen molar-refractivity contribution in [3.8, 4) is 5.75 Å². The van der Waals surface area contributed by atoms with E-state index in [0.717, 1.165) is 6.07 Å². The second kappa shape index (κ2) is 6.87. The summed E-state index contributed by atoms with van der Waals surface area (Å²) in [6, 6.07) is 1.18. The first-order valence-electron chi connectivity index (χ1n) is 7.81. The maximum atomic E-state index is 13.9. The maximum Gasteiger partial charge on any atom is 0.410 e. The number of ether oxygens (including phenoxy) is 1. The molecule has 1 aromatic carbocycles. The van der Waals surface area contributed by atoms with Crippen molar-refractivity contribution in [2.24, 2.45) is 0 Å². The summed E-state index contributed by atoms with van der Waals surface area (Å²) in [4.78, 5) is -0.623. The number of benzene rings is 1. The number of anilines is 1. The lowest BCUT2D eigenvalue weighted by atomic mass is 10.1. The third-order valence-electron chi connectivity index (χ3n) is 4.08. The smallest absolute Gasteiger partial charge is 0.410 e. The predicted octanol–water partition coefficient (Wildman–Crippen LogP) is 3.63. The summed E-state index contributed by atoms with van der Waals surface area (Å²) in [6.45, 7) is -2.43. The first-order chi connectivity index (χ1) is 12.9. The van der Waals surface area contributed by atoms with Crippen LogP contribution in [0, 0.1) is 12.7 Å². The van der Waals surface area contributed by atoms with Crippen molar-refractivity contribution < 1.29 is 39.5 Å². The highest BCUT2D eigenvalue weighted by Gasteiger charge is 2.47. The Balaban J connectivity index is 2.02. The van der Waals surface area contributed by atoms with Crippen LogP contribution in [0.25, 0.3) is 0 Å². The molecule has 0 spiro atoms. The number of rotatable bonds is 4. The van der Waals surface area contributed by atoms with Gasteiger partial charge in [0.15, 0.2) is 17.6 Å². The van der Waals surface area contributed by atoms with E-state index in [1.807, 2.05) is 0 Å². The van der Waals surface area contributed by atoms with Crippen LogP contribution in [0.4, 0.5) is 32.2 Å². The fraction of sp³-hybridized carbons (Fsp3) is 0.400. The summed E-state index contributed by atoms with van der Waals surface area (Å²) in [5.74, 6) is -2.53. The van der Waals surface area contributed by atoms with Crippen molar-refractivity contribution in [2.45, 2.75) is 37.1 Å². The van der Waals surface area contributed by atoms with Gasteiger partial charge < -0.3 is 4.74 Å². The lowest BCUT2D eigenvalue weighted by Gasteiger charge is -2.34. The molecular weight excluding hydrogens is 416 g/mol. The molecule has 0 saturated carbocycles. The summed E-state index contributed by atoms with van der Waals surface area (Å²) in [6.07, 6.45) is -5.23. The van der Waals surface area contributed by atoms with Crippen LogP contribution in [0.15, 0.2) is 29.2 Å². The van der Waals surface area contributed by atoms with E-state index in [1.165, 1.54) is 13.0 Å². The van der Waals surface area contributed by atoms with Crippen molar-refractivity contribution in [1.82, 2.24) is 9.78 Å². The van der Waals surface area contributed by atoms with Gasteiger partial charge in [-0.1, -0.05) is 0 Å². The van der Waals surface area contributed by atoms with Crippen molar-refractivity contribution >= 4 is 15.8 Å². The molecule has 0 N–H and O–H groups in total. The van der Waals surface area contributed by atoms with Gasteiger partial charge in [-0.3, -0.25) is 0 Å². The molecule has 3 rings (SSSR count). The van der Waals surface area contributed by atoms with Crippen LogP contribution in [-0.2, 0) is 10.0 Å². The van der Waals surface area contributed by atoms with Gasteiger partial charge in [-0.05, 0) is 31.5 Å². The molecular formula is C15H13F6N3O3S. The first-order valence-corrected chi connectivity index (χ1v) is 9.25. The van der Waals surface area contributed by atoms with Crippen molar-refractivity contribution in [2.75, 3.05) is 10.8 Å². The molecule has 0 aliphatic carbocycles. The van der Waals surface area contributed by atoms with Gasteiger partial charge in [0.2, 0.25) is 0 Å². The number of alkyl halides is 5. The number of hydrogen-bond acceptors (Lipinski definition) is 4. The Hall–Kier alpha value is -2.44. The zero-order valence-electron chi connectivity index (χ0n) is 14.1. The van der Waals surface area contributed by atoms with Crippen LogP contribution >= 0.6 is 0 Å². The zero-order valence-corrected chi connectivity index (χ0v) is 14.9. The highest BCUT2D eigenvalue weighted by atomic mass is 32.2. The van der Waals surface area contributed by atoms with E-state index in [0.29, 0.717) is 21.1 Å². The first kappa shape index (κ1) is 20.3. The number of halogens is 6. The van der Waals surface area contributed by atoms with Crippen molar-refractivity contribution in [1.29, 1.82) is 0 Å². The summed E-state index contributed by atoms with van der Waals surface area (Å²) in [7, 11) is -4.48. The number of hydrogen-bond donors (Lipinski definition) is 0. The Morgan fingerprint density at radius 2 is 1.93 bits per heavy atom. The van der Waals surface area contributed by atoms with Gasteiger partial charge in [-0.2, -0.15) is 27.1 Å². The standard InChI is InChI=1S/C15H13F6N3O3S/c1-8-6-13-23(5-4-12(15(19,20)21)24(13)22-8)28(25,26)9-2-3-11(10(16)7-9)27-14(17)18/h2-3,6-7,12,14H,4-5H2,1H3/t12-/m1/s1. The molecule has 2 aromatic rings. The Kier molecular flexibility index (Phi) is 4.98. The average Bonchev–Trinajstić information content (AvgIpc) is 2.94. The highest BCUT2D eigenvalue weighted by Crippen LogP contribution is 2.41. The van der Waals surface area contributed by atoms with Crippen LogP contribution in [-0.4, -0.2) is 37.5 Å². The van der Waals surface area contributed by atoms with Crippen LogP contribution in [0.1, 0.15) is 18.2 Å². The van der Waals surface area contributed by atoms with E-state index in [4.69, 9.17) is 0 Å². The monoisotopic (exact) mass is 429 g/mol. The molecule has 28 heavy (non-hydrogen) atoms. The number of fused-ring (bicyclic) bond motifs is 1. The molecule has 1 aliphatic heterocycles. The van der Waals surface area contributed by atoms with Gasteiger partial charge >= 0.3 is 12.8 Å².